The Morgan fingerprint density at radius 2 is 1.77 bits per heavy atom. The zero-order chi connectivity index (χ0) is 28.6. The van der Waals surface area contributed by atoms with Crippen molar-refractivity contribution in [2.45, 2.75) is 33.1 Å². The molecule has 13 heteroatoms. The van der Waals surface area contributed by atoms with Crippen molar-refractivity contribution in [3.8, 4) is 28.4 Å². The number of nitrogens with zero attached hydrogens (tertiary/aromatic N) is 4. The van der Waals surface area contributed by atoms with Gasteiger partial charge in [0.1, 0.15) is 9.71 Å². The molecule has 1 aromatic carbocycles. The number of carbonyl (C=O) groups excluding carboxylic acids is 2. The van der Waals surface area contributed by atoms with Crippen molar-refractivity contribution in [1.82, 2.24) is 10.3 Å². The molecule has 0 bridgehead atoms. The van der Waals surface area contributed by atoms with Crippen LogP contribution in [0.4, 0.5) is 11.6 Å². The summed E-state index contributed by atoms with van der Waals surface area (Å²) < 4.78 is 21.9. The molecule has 4 heterocycles. The maximum absolute atomic E-state index is 13.4. The minimum Gasteiger partial charge on any atom is -0.493 e. The molecule has 1 aliphatic rings. The van der Waals surface area contributed by atoms with Gasteiger partial charge in [0.05, 0.1) is 50.6 Å². The predicted molar refractivity (Wildman–Crippen MR) is 150 cm³/mol. The lowest BCUT2D eigenvalue weighted by molar-refractivity contribution is -0.759. The Hall–Kier alpha value is -4.39. The number of Topliss-reactive ketones (excluding diaryl/α,β-unsaturated/α-hetero) is 1. The number of rotatable bonds is 8. The molecule has 40 heavy (non-hydrogen) atoms. The van der Waals surface area contributed by atoms with Gasteiger partial charge in [-0.15, -0.1) is 11.3 Å². The number of thiophene rings is 1. The maximum Gasteiger partial charge on any atom is 0.306 e. The molecule has 1 amide bonds. The number of benzene rings is 1. The van der Waals surface area contributed by atoms with Gasteiger partial charge in [0.2, 0.25) is 11.0 Å². The second kappa shape index (κ2) is 11.0. The molecule has 0 aliphatic carbocycles. The number of hydrogen-bond acceptors (Lipinski definition) is 11. The Morgan fingerprint density at radius 1 is 1.10 bits per heavy atom. The van der Waals surface area contributed by atoms with Crippen molar-refractivity contribution in [2.75, 3.05) is 50.5 Å². The van der Waals surface area contributed by atoms with Crippen LogP contribution in [0.5, 0.6) is 17.2 Å². The maximum atomic E-state index is 13.4. The molecular weight excluding hydrogens is 536 g/mol. The monoisotopic (exact) mass is 567 g/mol. The number of aryl methyl sites for hydroxylation is 1. The summed E-state index contributed by atoms with van der Waals surface area (Å²) in [5.74, 6) is 0.746. The summed E-state index contributed by atoms with van der Waals surface area (Å²) >= 11 is 1.13. The summed E-state index contributed by atoms with van der Waals surface area (Å²) in [5, 5.41) is 9.32. The average molecular weight is 568 g/mol. The molecule has 5 rings (SSSR count). The molecule has 0 spiro atoms. The number of methoxy groups -OCH3 is 3. The van der Waals surface area contributed by atoms with Crippen molar-refractivity contribution in [2.24, 2.45) is 0 Å². The summed E-state index contributed by atoms with van der Waals surface area (Å²) in [7, 11) is 4.54. The van der Waals surface area contributed by atoms with Gasteiger partial charge < -0.3 is 19.9 Å². The zero-order valence-corrected chi connectivity index (χ0v) is 23.8. The highest BCUT2D eigenvalue weighted by Gasteiger charge is 2.29. The van der Waals surface area contributed by atoms with Crippen LogP contribution in [0.25, 0.3) is 21.3 Å². The van der Waals surface area contributed by atoms with Crippen molar-refractivity contribution in [3.63, 3.8) is 0 Å². The van der Waals surface area contributed by atoms with E-state index in [0.29, 0.717) is 49.8 Å². The first-order chi connectivity index (χ1) is 19.3. The van der Waals surface area contributed by atoms with E-state index in [1.165, 1.54) is 34.7 Å². The number of aromatic nitrogens is 3. The zero-order valence-electron chi connectivity index (χ0n) is 23.0. The number of nitrogen functional groups attached to an aromatic ring is 1. The lowest BCUT2D eigenvalue weighted by Gasteiger charge is -2.17. The van der Waals surface area contributed by atoms with Crippen molar-refractivity contribution in [1.29, 1.82) is 0 Å². The SMILES string of the molecule is COc1cc(-c2c(C(C)=O)c(C)nc3sc(C(=O)Nc4c[n+](N5CCCCC5)no4)c(N)c23)cc(OC)c1OC. The molecule has 3 N–H and O–H groups in total. The van der Waals surface area contributed by atoms with Crippen molar-refractivity contribution in [3.05, 3.63) is 34.5 Å². The highest BCUT2D eigenvalue weighted by molar-refractivity contribution is 7.21. The number of pyridine rings is 1. The van der Waals surface area contributed by atoms with Crippen LogP contribution in [0.2, 0.25) is 0 Å². The largest absolute Gasteiger partial charge is 0.493 e. The number of amides is 1. The second-order valence-corrected chi connectivity index (χ2v) is 10.4. The fourth-order valence-corrected chi connectivity index (χ4v) is 6.10. The normalized spacial score (nSPS) is 13.4. The standard InChI is InChI=1S/C27H30N6O6S/c1-14-20(15(2)34)21(16-11-17(36-3)24(38-5)18(12-16)37-4)22-23(28)25(40-27(22)29-14)26(35)30-19-13-33(31-39-19)32-9-7-6-8-10-32/h11-13H,6-10H2,1-5H3,(H2-,28,30,31,35)/p+1. The van der Waals surface area contributed by atoms with E-state index in [0.717, 1.165) is 37.3 Å². The minimum absolute atomic E-state index is 0.186. The van der Waals surface area contributed by atoms with Crippen LogP contribution >= 0.6 is 11.3 Å². The van der Waals surface area contributed by atoms with E-state index in [4.69, 9.17) is 24.5 Å². The van der Waals surface area contributed by atoms with Crippen LogP contribution < -0.4 is 35.1 Å². The number of nitrogens with one attached hydrogen (secondary N) is 1. The smallest absolute Gasteiger partial charge is 0.306 e. The number of anilines is 2. The number of nitrogens with two attached hydrogens (primary N) is 1. The van der Waals surface area contributed by atoms with Crippen LogP contribution in [0.3, 0.4) is 0 Å². The molecule has 210 valence electrons. The molecule has 4 aromatic rings. The molecular formula is C27H31N6O6S+. The van der Waals surface area contributed by atoms with Gasteiger partial charge >= 0.3 is 5.88 Å². The highest BCUT2D eigenvalue weighted by Crippen LogP contribution is 2.47. The summed E-state index contributed by atoms with van der Waals surface area (Å²) in [6, 6.07) is 3.49. The number of piperidine rings is 1. The van der Waals surface area contributed by atoms with Crippen LogP contribution in [-0.4, -0.2) is 56.4 Å². The number of fused-ring (bicyclic) bond motifs is 1. The lowest BCUT2D eigenvalue weighted by Crippen LogP contribution is -2.60. The summed E-state index contributed by atoms with van der Waals surface area (Å²) in [5.41, 5.74) is 8.84. The van der Waals surface area contributed by atoms with Crippen LogP contribution in [-0.2, 0) is 0 Å². The molecule has 1 fully saturated rings. The number of ether oxygens (including phenoxy) is 3. The summed E-state index contributed by atoms with van der Waals surface area (Å²) in [6.07, 6.45) is 4.95. The quantitative estimate of drug-likeness (QED) is 0.238. The predicted octanol–water partition coefficient (Wildman–Crippen LogP) is 3.73. The van der Waals surface area contributed by atoms with Gasteiger partial charge in [0.15, 0.2) is 17.3 Å². The van der Waals surface area contributed by atoms with E-state index >= 15 is 0 Å². The van der Waals surface area contributed by atoms with E-state index in [9.17, 15) is 9.59 Å². The topological polar surface area (TPSA) is 146 Å². The molecule has 0 unspecified atom stereocenters. The third-order valence-electron chi connectivity index (χ3n) is 6.88. The van der Waals surface area contributed by atoms with Crippen LogP contribution in [0.1, 0.15) is 51.9 Å². The van der Waals surface area contributed by atoms with E-state index in [1.807, 2.05) is 0 Å². The Morgan fingerprint density at radius 3 is 2.38 bits per heavy atom. The van der Waals surface area contributed by atoms with Crippen molar-refractivity contribution >= 4 is 44.8 Å². The second-order valence-electron chi connectivity index (χ2n) is 9.40. The fraction of sp³-hybridized carbons (Fsp3) is 0.370. The number of hydrogen-bond donors (Lipinski definition) is 2. The van der Waals surface area contributed by atoms with E-state index in [2.05, 4.69) is 20.6 Å². The molecule has 0 saturated carbocycles. The Bertz CT molecular complexity index is 1580. The Balaban J connectivity index is 1.61. The first-order valence-corrected chi connectivity index (χ1v) is 13.6. The summed E-state index contributed by atoms with van der Waals surface area (Å²) in [4.78, 5) is 33.3. The van der Waals surface area contributed by atoms with Crippen LogP contribution in [0.15, 0.2) is 22.9 Å². The van der Waals surface area contributed by atoms with Crippen molar-refractivity contribution < 1.29 is 33.1 Å². The molecule has 3 aromatic heterocycles. The van der Waals surface area contributed by atoms with Gasteiger partial charge in [-0.25, -0.2) is 4.98 Å². The summed E-state index contributed by atoms with van der Waals surface area (Å²) in [6.45, 7) is 4.94. The molecule has 0 atom stereocenters. The first kappa shape index (κ1) is 27.2. The van der Waals surface area contributed by atoms with Gasteiger partial charge in [0, 0.05) is 16.5 Å². The third kappa shape index (κ3) is 4.76. The van der Waals surface area contributed by atoms with E-state index in [1.54, 1.807) is 30.0 Å². The highest BCUT2D eigenvalue weighted by atomic mass is 32.1. The number of ketones is 1. The minimum atomic E-state index is -0.472. The third-order valence-corrected chi connectivity index (χ3v) is 7.98. The fourth-order valence-electron chi connectivity index (χ4n) is 5.06. The van der Waals surface area contributed by atoms with Crippen LogP contribution in [0, 0.1) is 6.92 Å². The van der Waals surface area contributed by atoms with E-state index in [-0.39, 0.29) is 22.2 Å². The van der Waals surface area contributed by atoms with Gasteiger partial charge in [-0.05, 0) is 50.8 Å². The molecule has 0 radical (unpaired) electrons. The van der Waals surface area contributed by atoms with Gasteiger partial charge in [0.25, 0.3) is 12.1 Å². The molecule has 12 nitrogen and oxygen atoms in total. The molecule has 1 aliphatic heterocycles. The van der Waals surface area contributed by atoms with Gasteiger partial charge in [-0.1, -0.05) is 0 Å². The molecule has 1 saturated heterocycles. The van der Waals surface area contributed by atoms with Gasteiger partial charge in [-0.3, -0.25) is 19.4 Å². The Kier molecular flexibility index (Phi) is 7.48. The lowest BCUT2D eigenvalue weighted by atomic mass is 9.93. The number of carbonyl (C=O) groups is 2. The van der Waals surface area contributed by atoms with Gasteiger partial charge in [-0.2, -0.15) is 5.01 Å². The Labute approximate surface area is 234 Å². The first-order valence-electron chi connectivity index (χ1n) is 12.8. The average Bonchev–Trinajstić information content (AvgIpc) is 3.55. The van der Waals surface area contributed by atoms with E-state index < -0.39 is 5.91 Å².